The first kappa shape index (κ1) is 13.2. The van der Waals surface area contributed by atoms with E-state index in [0.29, 0.717) is 0 Å². The monoisotopic (exact) mass is 290 g/mol. The van der Waals surface area contributed by atoms with Gasteiger partial charge in [0.25, 0.3) is 0 Å². The van der Waals surface area contributed by atoms with Gasteiger partial charge in [0.05, 0.1) is 5.92 Å². The molecule has 5 heteroatoms. The van der Waals surface area contributed by atoms with Crippen LogP contribution in [0.25, 0.3) is 0 Å². The molecule has 1 saturated carbocycles. The molecular formula is C11H15BrO4. The number of hydrogen-bond donors (Lipinski definition) is 0. The van der Waals surface area contributed by atoms with E-state index in [2.05, 4.69) is 15.9 Å². The summed E-state index contributed by atoms with van der Waals surface area (Å²) in [6.07, 6.45) is 2.84. The summed E-state index contributed by atoms with van der Waals surface area (Å²) in [5.41, 5.74) is -0.565. The first-order valence-electron chi connectivity index (χ1n) is 5.09. The maximum absolute atomic E-state index is 11.4. The molecule has 0 aromatic rings. The van der Waals surface area contributed by atoms with E-state index in [1.165, 1.54) is 0 Å². The van der Waals surface area contributed by atoms with Crippen LogP contribution in [0.15, 0.2) is 10.7 Å². The molecule has 0 N–H and O–H groups in total. The van der Waals surface area contributed by atoms with Gasteiger partial charge >= 0.3 is 11.9 Å². The lowest BCUT2D eigenvalue weighted by Crippen LogP contribution is -2.23. The molecule has 1 rings (SSSR count). The van der Waals surface area contributed by atoms with Crippen molar-refractivity contribution >= 4 is 27.9 Å². The zero-order valence-corrected chi connectivity index (χ0v) is 11.2. The smallest absolute Gasteiger partial charge is 0.348 e. The summed E-state index contributed by atoms with van der Waals surface area (Å²) in [6, 6.07) is 0. The van der Waals surface area contributed by atoms with Crippen LogP contribution in [-0.2, 0) is 19.1 Å². The van der Waals surface area contributed by atoms with E-state index in [1.54, 1.807) is 20.8 Å². The topological polar surface area (TPSA) is 52.6 Å². The number of rotatable bonds is 3. The molecule has 4 nitrogen and oxygen atoms in total. The minimum atomic E-state index is -0.565. The minimum Gasteiger partial charge on any atom is -0.456 e. The molecule has 1 fully saturated rings. The van der Waals surface area contributed by atoms with Crippen molar-refractivity contribution in [1.82, 2.24) is 0 Å². The number of carbonyl (C=O) groups excluding carboxylic acids is 2. The van der Waals surface area contributed by atoms with E-state index >= 15 is 0 Å². The zero-order valence-electron chi connectivity index (χ0n) is 9.58. The third-order valence-corrected chi connectivity index (χ3v) is 2.29. The van der Waals surface area contributed by atoms with Gasteiger partial charge in [0.1, 0.15) is 16.3 Å². The minimum absolute atomic E-state index is 0.00943. The lowest BCUT2D eigenvalue weighted by molar-refractivity contribution is -0.149. The highest BCUT2D eigenvalue weighted by atomic mass is 79.9. The number of halogens is 1. The van der Waals surface area contributed by atoms with Crippen LogP contribution in [-0.4, -0.2) is 17.5 Å². The maximum Gasteiger partial charge on any atom is 0.348 e. The molecule has 0 aromatic heterocycles. The van der Waals surface area contributed by atoms with Gasteiger partial charge in [-0.1, -0.05) is 0 Å². The van der Waals surface area contributed by atoms with E-state index in [9.17, 15) is 9.59 Å². The van der Waals surface area contributed by atoms with E-state index in [-0.39, 0.29) is 16.4 Å². The van der Waals surface area contributed by atoms with Gasteiger partial charge in [-0.15, -0.1) is 0 Å². The van der Waals surface area contributed by atoms with Gasteiger partial charge in [0.15, 0.2) is 0 Å². The van der Waals surface area contributed by atoms with Crippen molar-refractivity contribution in [2.24, 2.45) is 5.92 Å². The lowest BCUT2D eigenvalue weighted by Gasteiger charge is -2.18. The fraction of sp³-hybridized carbons (Fsp3) is 0.636. The van der Waals surface area contributed by atoms with Crippen molar-refractivity contribution in [2.45, 2.75) is 39.2 Å². The van der Waals surface area contributed by atoms with E-state index in [4.69, 9.17) is 9.47 Å². The van der Waals surface area contributed by atoms with Gasteiger partial charge in [-0.3, -0.25) is 4.79 Å². The predicted octanol–water partition coefficient (Wildman–Crippen LogP) is 2.52. The summed E-state index contributed by atoms with van der Waals surface area (Å²) in [5.74, 6) is -0.827. The Morgan fingerprint density at radius 2 is 1.88 bits per heavy atom. The summed E-state index contributed by atoms with van der Waals surface area (Å²) >= 11 is 3.00. The van der Waals surface area contributed by atoms with Crippen LogP contribution >= 0.6 is 15.9 Å². The first-order chi connectivity index (χ1) is 7.29. The van der Waals surface area contributed by atoms with Crippen LogP contribution in [0, 0.1) is 5.92 Å². The fourth-order valence-electron chi connectivity index (χ4n) is 0.900. The van der Waals surface area contributed by atoms with Crippen LogP contribution in [0.5, 0.6) is 0 Å². The molecule has 0 atom stereocenters. The summed E-state index contributed by atoms with van der Waals surface area (Å²) in [7, 11) is 0. The highest BCUT2D eigenvalue weighted by Crippen LogP contribution is 2.30. The van der Waals surface area contributed by atoms with Crippen LogP contribution in [0.4, 0.5) is 0 Å². The molecule has 0 bridgehead atoms. The van der Waals surface area contributed by atoms with Crippen LogP contribution in [0.3, 0.4) is 0 Å². The van der Waals surface area contributed by atoms with Gasteiger partial charge < -0.3 is 9.47 Å². The molecule has 0 radical (unpaired) electrons. The van der Waals surface area contributed by atoms with Crippen LogP contribution in [0.2, 0.25) is 0 Å². The standard InChI is InChI=1S/C11H15BrO4/c1-11(2,3)16-10(14)8(12)6-15-9(13)7-4-5-7/h6-7H,4-5H2,1-3H3. The number of carbonyl (C=O) groups is 2. The second-order valence-corrected chi connectivity index (χ2v) is 5.53. The fourth-order valence-corrected chi connectivity index (χ4v) is 1.07. The second-order valence-electron chi connectivity index (χ2n) is 4.68. The normalized spacial score (nSPS) is 16.9. The third kappa shape index (κ3) is 4.79. The molecule has 0 aliphatic heterocycles. The Hall–Kier alpha value is -0.840. The summed E-state index contributed by atoms with van der Waals surface area (Å²) in [6.45, 7) is 5.30. The van der Waals surface area contributed by atoms with E-state index in [0.717, 1.165) is 19.1 Å². The Balaban J connectivity index is 2.42. The number of ether oxygens (including phenoxy) is 2. The third-order valence-electron chi connectivity index (χ3n) is 1.78. The molecule has 0 heterocycles. The van der Waals surface area contributed by atoms with Crippen LogP contribution in [0.1, 0.15) is 33.6 Å². The predicted molar refractivity (Wildman–Crippen MR) is 61.7 cm³/mol. The average molecular weight is 291 g/mol. The Labute approximate surface area is 103 Å². The van der Waals surface area contributed by atoms with E-state index < -0.39 is 11.6 Å². The highest BCUT2D eigenvalue weighted by molar-refractivity contribution is 9.12. The zero-order chi connectivity index (χ0) is 12.3. The molecule has 1 aliphatic carbocycles. The summed E-state index contributed by atoms with van der Waals surface area (Å²) in [4.78, 5) is 22.6. The molecule has 0 spiro atoms. The lowest BCUT2D eigenvalue weighted by atomic mass is 10.2. The van der Waals surface area contributed by atoms with Crippen molar-refractivity contribution in [2.75, 3.05) is 0 Å². The van der Waals surface area contributed by atoms with E-state index in [1.807, 2.05) is 0 Å². The SMILES string of the molecule is CC(C)(C)OC(=O)C(Br)=COC(=O)C1CC1. The molecule has 16 heavy (non-hydrogen) atoms. The van der Waals surface area contributed by atoms with Crippen molar-refractivity contribution in [1.29, 1.82) is 0 Å². The maximum atomic E-state index is 11.4. The Morgan fingerprint density at radius 1 is 1.31 bits per heavy atom. The Morgan fingerprint density at radius 3 is 2.31 bits per heavy atom. The number of esters is 2. The summed E-state index contributed by atoms with van der Waals surface area (Å²) < 4.78 is 9.98. The van der Waals surface area contributed by atoms with Gasteiger partial charge in [-0.25, -0.2) is 4.79 Å². The molecule has 90 valence electrons. The molecule has 0 aromatic carbocycles. The largest absolute Gasteiger partial charge is 0.456 e. The van der Waals surface area contributed by atoms with Crippen molar-refractivity contribution in [3.8, 4) is 0 Å². The Bertz CT molecular complexity index is 323. The summed E-state index contributed by atoms with van der Waals surface area (Å²) in [5, 5.41) is 0. The number of hydrogen-bond acceptors (Lipinski definition) is 4. The second kappa shape index (κ2) is 4.99. The van der Waals surface area contributed by atoms with Crippen molar-refractivity contribution in [3.63, 3.8) is 0 Å². The van der Waals surface area contributed by atoms with Crippen molar-refractivity contribution in [3.05, 3.63) is 10.7 Å². The molecule has 0 saturated heterocycles. The van der Waals surface area contributed by atoms with Crippen LogP contribution < -0.4 is 0 Å². The average Bonchev–Trinajstić information content (AvgIpc) is 2.93. The first-order valence-corrected chi connectivity index (χ1v) is 5.88. The highest BCUT2D eigenvalue weighted by Gasteiger charge is 2.31. The van der Waals surface area contributed by atoms with Gasteiger partial charge in [-0.2, -0.15) is 0 Å². The molecular weight excluding hydrogens is 276 g/mol. The van der Waals surface area contributed by atoms with Gasteiger partial charge in [0, 0.05) is 0 Å². The Kier molecular flexibility index (Phi) is 4.13. The van der Waals surface area contributed by atoms with Gasteiger partial charge in [0.2, 0.25) is 0 Å². The molecule has 0 amide bonds. The quantitative estimate of drug-likeness (QED) is 0.455. The van der Waals surface area contributed by atoms with Gasteiger partial charge in [-0.05, 0) is 49.5 Å². The van der Waals surface area contributed by atoms with Crippen molar-refractivity contribution < 1.29 is 19.1 Å². The molecule has 1 aliphatic rings. The molecule has 0 unspecified atom stereocenters.